The second-order valence-corrected chi connectivity index (χ2v) is 8.37. The summed E-state index contributed by atoms with van der Waals surface area (Å²) in [6.45, 7) is 4.54. The van der Waals surface area contributed by atoms with Gasteiger partial charge in [0.15, 0.2) is 11.8 Å². The Hall–Kier alpha value is -2.07. The summed E-state index contributed by atoms with van der Waals surface area (Å²) in [6, 6.07) is 6.43. The topological polar surface area (TPSA) is 73.3 Å². The van der Waals surface area contributed by atoms with Crippen molar-refractivity contribution in [2.75, 3.05) is 26.3 Å². The quantitative estimate of drug-likeness (QED) is 0.690. The number of nitrogens with one attached hydrogen (secondary N) is 1. The number of fused-ring (bicyclic) bond motifs is 1. The van der Waals surface area contributed by atoms with E-state index >= 15 is 0 Å². The number of likely N-dealkylation sites (tertiary alicyclic amines) is 1. The number of aromatic hydroxyl groups is 1. The molecule has 2 aliphatic rings. The van der Waals surface area contributed by atoms with E-state index in [1.54, 1.807) is 19.1 Å². The first-order valence-electron chi connectivity index (χ1n) is 9.48. The smallest absolute Gasteiger partial charge is 0.235 e. The molecule has 0 unspecified atom stereocenters. The maximum Gasteiger partial charge on any atom is 0.235 e. The lowest BCUT2D eigenvalue weighted by molar-refractivity contribution is -0.933. The molecule has 1 atom stereocenters. The summed E-state index contributed by atoms with van der Waals surface area (Å²) < 4.78 is 27.9. The summed E-state index contributed by atoms with van der Waals surface area (Å²) >= 11 is 1.36. The van der Waals surface area contributed by atoms with E-state index in [4.69, 9.17) is 9.47 Å². The number of halogens is 1. The average molecular weight is 405 g/mol. The van der Waals surface area contributed by atoms with Gasteiger partial charge in [0.25, 0.3) is 0 Å². The fraction of sp³-hybridized carbons (Fsp3) is 0.474. The molecular weight excluding hydrogens is 383 g/mol. The SMILES string of the molecule is Cc1nc2sc([C@H](c3ccccc3F)[NH+]3CCC4(CC3)OCCO4)c(O)n2n1. The number of aryl methyl sites for hydroxylation is 1. The van der Waals surface area contributed by atoms with Gasteiger partial charge in [-0.15, -0.1) is 5.10 Å². The second kappa shape index (κ2) is 6.77. The largest absolute Gasteiger partial charge is 0.492 e. The van der Waals surface area contributed by atoms with Gasteiger partial charge in [0, 0.05) is 0 Å². The predicted octanol–water partition coefficient (Wildman–Crippen LogP) is 1.46. The summed E-state index contributed by atoms with van der Waals surface area (Å²) in [5.41, 5.74) is 0.568. The van der Waals surface area contributed by atoms with Crippen molar-refractivity contribution in [3.8, 4) is 5.88 Å². The Labute approximate surface area is 165 Å². The fourth-order valence-corrected chi connectivity index (χ4v) is 5.50. The maximum absolute atomic E-state index is 14.8. The van der Waals surface area contributed by atoms with Crippen molar-refractivity contribution in [2.45, 2.75) is 31.6 Å². The van der Waals surface area contributed by atoms with Crippen LogP contribution in [0.3, 0.4) is 0 Å². The molecule has 0 radical (unpaired) electrons. The third-order valence-corrected chi connectivity index (χ3v) is 6.74. The molecule has 5 rings (SSSR count). The van der Waals surface area contributed by atoms with E-state index in [2.05, 4.69) is 10.1 Å². The van der Waals surface area contributed by atoms with Crippen LogP contribution in [-0.2, 0) is 9.47 Å². The van der Waals surface area contributed by atoms with Crippen LogP contribution in [0.4, 0.5) is 4.39 Å². The highest BCUT2D eigenvalue weighted by Gasteiger charge is 2.45. The molecule has 0 saturated carbocycles. The summed E-state index contributed by atoms with van der Waals surface area (Å²) in [6.07, 6.45) is 1.49. The van der Waals surface area contributed by atoms with Gasteiger partial charge >= 0.3 is 0 Å². The van der Waals surface area contributed by atoms with Crippen LogP contribution in [0, 0.1) is 12.7 Å². The number of piperidine rings is 1. The first kappa shape index (κ1) is 18.0. The zero-order chi connectivity index (χ0) is 19.3. The molecule has 9 heteroatoms. The van der Waals surface area contributed by atoms with Gasteiger partial charge in [-0.2, -0.15) is 4.52 Å². The second-order valence-electron chi connectivity index (χ2n) is 7.36. The third kappa shape index (κ3) is 2.89. The fourth-order valence-electron chi connectivity index (χ4n) is 4.32. The zero-order valence-corrected chi connectivity index (χ0v) is 16.3. The third-order valence-electron chi connectivity index (χ3n) is 5.66. The van der Waals surface area contributed by atoms with Crippen molar-refractivity contribution in [2.24, 2.45) is 0 Å². The molecule has 2 aliphatic heterocycles. The van der Waals surface area contributed by atoms with Crippen LogP contribution in [0.15, 0.2) is 24.3 Å². The van der Waals surface area contributed by atoms with E-state index in [1.165, 1.54) is 26.8 Å². The molecule has 7 nitrogen and oxygen atoms in total. The molecule has 1 aromatic carbocycles. The Morgan fingerprint density at radius 3 is 2.64 bits per heavy atom. The first-order chi connectivity index (χ1) is 13.6. The van der Waals surface area contributed by atoms with E-state index < -0.39 is 5.79 Å². The van der Waals surface area contributed by atoms with Gasteiger partial charge in [-0.25, -0.2) is 9.37 Å². The number of hydrogen-bond acceptors (Lipinski definition) is 6. The lowest BCUT2D eigenvalue weighted by atomic mass is 9.97. The van der Waals surface area contributed by atoms with Crippen LogP contribution >= 0.6 is 11.3 Å². The molecule has 1 spiro atoms. The van der Waals surface area contributed by atoms with Gasteiger partial charge in [-0.05, 0) is 19.1 Å². The Morgan fingerprint density at radius 1 is 1.25 bits per heavy atom. The van der Waals surface area contributed by atoms with Crippen molar-refractivity contribution in [1.82, 2.24) is 14.6 Å². The van der Waals surface area contributed by atoms with Gasteiger partial charge in [0.2, 0.25) is 10.8 Å². The molecule has 148 valence electrons. The molecule has 2 aromatic heterocycles. The predicted molar refractivity (Wildman–Crippen MR) is 100 cm³/mol. The van der Waals surface area contributed by atoms with Crippen LogP contribution in [0.5, 0.6) is 5.88 Å². The highest BCUT2D eigenvalue weighted by atomic mass is 32.1. The zero-order valence-electron chi connectivity index (χ0n) is 15.5. The molecule has 0 aliphatic carbocycles. The molecule has 2 fully saturated rings. The molecule has 0 bridgehead atoms. The van der Waals surface area contributed by atoms with E-state index in [0.29, 0.717) is 34.4 Å². The van der Waals surface area contributed by atoms with Crippen molar-refractivity contribution in [1.29, 1.82) is 0 Å². The molecule has 3 aromatic rings. The lowest BCUT2D eigenvalue weighted by Crippen LogP contribution is -3.14. The van der Waals surface area contributed by atoms with E-state index in [9.17, 15) is 9.50 Å². The Kier molecular flexibility index (Phi) is 4.35. The lowest BCUT2D eigenvalue weighted by Gasteiger charge is -2.38. The number of quaternary nitrogens is 1. The molecular formula is C19H22FN4O3S+. The van der Waals surface area contributed by atoms with E-state index in [1.807, 2.05) is 6.07 Å². The van der Waals surface area contributed by atoms with Crippen LogP contribution in [0.1, 0.15) is 35.1 Å². The van der Waals surface area contributed by atoms with Gasteiger partial charge in [0.05, 0.1) is 44.7 Å². The monoisotopic (exact) mass is 405 g/mol. The number of nitrogens with zero attached hydrogens (tertiary/aromatic N) is 3. The van der Waals surface area contributed by atoms with Crippen LogP contribution < -0.4 is 4.90 Å². The van der Waals surface area contributed by atoms with Gasteiger partial charge in [-0.1, -0.05) is 23.5 Å². The van der Waals surface area contributed by atoms with Gasteiger partial charge in [-0.3, -0.25) is 0 Å². The summed E-state index contributed by atoms with van der Waals surface area (Å²) in [7, 11) is 0. The standard InChI is InChI=1S/C19H21FN4O3S/c1-12-21-18-24(22-12)17(25)16(28-18)15(13-4-2-3-5-14(13)20)23-8-6-19(7-9-23)26-10-11-27-19/h2-5,15,25H,6-11H2,1H3/p+1/t15-/m0/s1. The summed E-state index contributed by atoms with van der Waals surface area (Å²) in [4.78, 5) is 6.83. The molecule has 0 amide bonds. The minimum atomic E-state index is -0.492. The average Bonchev–Trinajstić information content (AvgIpc) is 3.36. The molecule has 4 heterocycles. The van der Waals surface area contributed by atoms with Gasteiger partial charge < -0.3 is 19.5 Å². The molecule has 2 N–H and O–H groups in total. The normalized spacial score (nSPS) is 20.9. The number of thiazole rings is 1. The Bertz CT molecular complexity index is 1000. The summed E-state index contributed by atoms with van der Waals surface area (Å²) in [5, 5.41) is 15.1. The number of benzene rings is 1. The Morgan fingerprint density at radius 2 is 1.96 bits per heavy atom. The van der Waals surface area contributed by atoms with Crippen molar-refractivity contribution < 1.29 is 23.9 Å². The minimum Gasteiger partial charge on any atom is -0.492 e. The van der Waals surface area contributed by atoms with Crippen molar-refractivity contribution >= 4 is 16.3 Å². The van der Waals surface area contributed by atoms with E-state index in [-0.39, 0.29) is 17.7 Å². The van der Waals surface area contributed by atoms with E-state index in [0.717, 1.165) is 25.9 Å². The van der Waals surface area contributed by atoms with Crippen molar-refractivity contribution in [3.63, 3.8) is 0 Å². The number of hydrogen-bond donors (Lipinski definition) is 2. The van der Waals surface area contributed by atoms with Crippen LogP contribution in [0.2, 0.25) is 0 Å². The highest BCUT2D eigenvalue weighted by molar-refractivity contribution is 7.17. The Balaban J connectivity index is 1.55. The highest BCUT2D eigenvalue weighted by Crippen LogP contribution is 2.37. The van der Waals surface area contributed by atoms with Gasteiger partial charge in [0.1, 0.15) is 16.5 Å². The maximum atomic E-state index is 14.8. The van der Waals surface area contributed by atoms with Crippen LogP contribution in [-0.4, -0.2) is 51.8 Å². The number of aromatic nitrogens is 3. The number of ether oxygens (including phenoxy) is 2. The van der Waals surface area contributed by atoms with Crippen molar-refractivity contribution in [3.05, 3.63) is 46.3 Å². The van der Waals surface area contributed by atoms with Crippen LogP contribution in [0.25, 0.3) is 4.96 Å². The minimum absolute atomic E-state index is 0.0370. The molecule has 2 saturated heterocycles. The summed E-state index contributed by atoms with van der Waals surface area (Å²) in [5.74, 6) is -0.134. The molecule has 28 heavy (non-hydrogen) atoms. The number of rotatable bonds is 3. The first-order valence-corrected chi connectivity index (χ1v) is 10.3.